The third kappa shape index (κ3) is 2.97. The quantitative estimate of drug-likeness (QED) is 0.766. The van der Waals surface area contributed by atoms with Crippen LogP contribution in [0, 0.1) is 5.92 Å². The largest absolute Gasteiger partial charge is 0.381 e. The number of hydrogen-bond donors (Lipinski definition) is 1. The molecule has 1 fully saturated rings. The van der Waals surface area contributed by atoms with E-state index in [4.69, 9.17) is 4.74 Å². The van der Waals surface area contributed by atoms with E-state index < -0.39 is 0 Å². The Labute approximate surface area is 146 Å². The molecular weight excluding hydrogens is 318 g/mol. The minimum absolute atomic E-state index is 0.0637. The van der Waals surface area contributed by atoms with Crippen LogP contribution in [-0.2, 0) is 18.3 Å². The maximum absolute atomic E-state index is 5.54. The Morgan fingerprint density at radius 1 is 1.24 bits per heavy atom. The van der Waals surface area contributed by atoms with E-state index in [0.717, 1.165) is 55.4 Å². The average molecular weight is 341 g/mol. The smallest absolute Gasteiger partial charge is 0.165 e. The highest BCUT2D eigenvalue weighted by Gasteiger charge is 2.29. The van der Waals surface area contributed by atoms with Crippen molar-refractivity contribution in [2.45, 2.75) is 32.4 Å². The third-order valence-corrected chi connectivity index (χ3v) is 4.91. The molecule has 0 saturated carbocycles. The van der Waals surface area contributed by atoms with Gasteiger partial charge in [-0.1, -0.05) is 0 Å². The van der Waals surface area contributed by atoms with Gasteiger partial charge in [0.2, 0.25) is 0 Å². The van der Waals surface area contributed by atoms with Crippen molar-refractivity contribution in [3.8, 4) is 0 Å². The highest BCUT2D eigenvalue weighted by atomic mass is 16.5. The third-order valence-electron chi connectivity index (χ3n) is 4.91. The van der Waals surface area contributed by atoms with Gasteiger partial charge in [0.25, 0.3) is 0 Å². The van der Waals surface area contributed by atoms with E-state index in [-0.39, 0.29) is 6.04 Å². The molecular formula is C17H23N7O. The van der Waals surface area contributed by atoms with E-state index in [2.05, 4.69) is 36.7 Å². The highest BCUT2D eigenvalue weighted by Crippen LogP contribution is 2.33. The van der Waals surface area contributed by atoms with Crippen molar-refractivity contribution in [2.24, 2.45) is 13.0 Å². The van der Waals surface area contributed by atoms with E-state index in [1.807, 2.05) is 30.3 Å². The number of nitrogens with zero attached hydrogens (tertiary/aromatic N) is 6. The summed E-state index contributed by atoms with van der Waals surface area (Å²) in [5.74, 6) is 2.21. The monoisotopic (exact) mass is 341 g/mol. The topological polar surface area (TPSA) is 82.7 Å². The maximum atomic E-state index is 5.54. The van der Waals surface area contributed by atoms with E-state index in [9.17, 15) is 0 Å². The predicted molar refractivity (Wildman–Crippen MR) is 94.1 cm³/mol. The Morgan fingerprint density at radius 3 is 2.80 bits per heavy atom. The van der Waals surface area contributed by atoms with Gasteiger partial charge in [0.1, 0.15) is 17.7 Å². The first-order chi connectivity index (χ1) is 12.3. The fourth-order valence-electron chi connectivity index (χ4n) is 3.48. The van der Waals surface area contributed by atoms with Crippen LogP contribution in [-0.4, -0.2) is 42.3 Å². The second kappa shape index (κ2) is 6.79. The first kappa shape index (κ1) is 16.0. The molecule has 1 saturated heterocycles. The SMILES string of the molecule is CCn1cnc2c(N[C@@H](c3nccn3C)C3CCOCC3)ncnc21. The van der Waals surface area contributed by atoms with Gasteiger partial charge in [-0.3, -0.25) is 0 Å². The molecule has 0 aromatic carbocycles. The summed E-state index contributed by atoms with van der Waals surface area (Å²) in [5.41, 5.74) is 1.65. The van der Waals surface area contributed by atoms with Crippen LogP contribution in [0.4, 0.5) is 5.82 Å². The number of rotatable bonds is 5. The first-order valence-corrected chi connectivity index (χ1v) is 8.75. The summed E-state index contributed by atoms with van der Waals surface area (Å²) in [6, 6.07) is 0.0637. The Kier molecular flexibility index (Phi) is 4.35. The second-order valence-corrected chi connectivity index (χ2v) is 6.39. The molecule has 3 aromatic rings. The van der Waals surface area contributed by atoms with Crippen LogP contribution in [0.2, 0.25) is 0 Å². The Morgan fingerprint density at radius 2 is 2.08 bits per heavy atom. The van der Waals surface area contributed by atoms with E-state index in [0.29, 0.717) is 5.92 Å². The number of ether oxygens (including phenoxy) is 1. The van der Waals surface area contributed by atoms with Gasteiger partial charge in [-0.25, -0.2) is 19.9 Å². The molecule has 8 nitrogen and oxygen atoms in total. The summed E-state index contributed by atoms with van der Waals surface area (Å²) >= 11 is 0. The number of anilines is 1. The molecule has 0 bridgehead atoms. The molecule has 1 N–H and O–H groups in total. The molecule has 4 heterocycles. The van der Waals surface area contributed by atoms with E-state index in [1.165, 1.54) is 0 Å². The fourth-order valence-corrected chi connectivity index (χ4v) is 3.48. The number of imidazole rings is 2. The molecule has 1 aliphatic heterocycles. The molecule has 1 atom stereocenters. The number of aryl methyl sites for hydroxylation is 2. The highest BCUT2D eigenvalue weighted by molar-refractivity contribution is 5.82. The van der Waals surface area contributed by atoms with Crippen LogP contribution in [0.1, 0.15) is 31.6 Å². The lowest BCUT2D eigenvalue weighted by molar-refractivity contribution is 0.0594. The molecule has 1 aliphatic rings. The summed E-state index contributed by atoms with van der Waals surface area (Å²) in [6.07, 6.45) is 9.23. The lowest BCUT2D eigenvalue weighted by Gasteiger charge is -2.30. The van der Waals surface area contributed by atoms with Gasteiger partial charge in [-0.15, -0.1) is 0 Å². The van der Waals surface area contributed by atoms with Crippen LogP contribution >= 0.6 is 0 Å². The minimum atomic E-state index is 0.0637. The van der Waals surface area contributed by atoms with Crippen molar-refractivity contribution in [2.75, 3.05) is 18.5 Å². The van der Waals surface area contributed by atoms with Crippen molar-refractivity contribution >= 4 is 17.0 Å². The van der Waals surface area contributed by atoms with Crippen LogP contribution in [0.5, 0.6) is 0 Å². The summed E-state index contributed by atoms with van der Waals surface area (Å²) in [6.45, 7) is 4.48. The average Bonchev–Trinajstić information content (AvgIpc) is 3.26. The molecule has 0 radical (unpaired) electrons. The van der Waals surface area contributed by atoms with Gasteiger partial charge in [-0.05, 0) is 25.7 Å². The van der Waals surface area contributed by atoms with E-state index >= 15 is 0 Å². The second-order valence-electron chi connectivity index (χ2n) is 6.39. The Hall–Kier alpha value is -2.48. The summed E-state index contributed by atoms with van der Waals surface area (Å²) in [4.78, 5) is 17.9. The lowest BCUT2D eigenvalue weighted by atomic mass is 9.91. The van der Waals surface area contributed by atoms with Crippen molar-refractivity contribution in [3.05, 3.63) is 30.9 Å². The molecule has 4 rings (SSSR count). The molecule has 132 valence electrons. The van der Waals surface area contributed by atoms with Crippen molar-refractivity contribution < 1.29 is 4.74 Å². The van der Waals surface area contributed by atoms with E-state index in [1.54, 1.807) is 6.33 Å². The number of aromatic nitrogens is 6. The minimum Gasteiger partial charge on any atom is -0.381 e. The fraction of sp³-hybridized carbons (Fsp3) is 0.529. The summed E-state index contributed by atoms with van der Waals surface area (Å²) < 4.78 is 9.63. The molecule has 0 aliphatic carbocycles. The van der Waals surface area contributed by atoms with Gasteiger partial charge in [-0.2, -0.15) is 0 Å². The van der Waals surface area contributed by atoms with Crippen LogP contribution < -0.4 is 5.32 Å². The molecule has 0 unspecified atom stereocenters. The van der Waals surface area contributed by atoms with Gasteiger partial charge in [0.15, 0.2) is 11.5 Å². The summed E-state index contributed by atoms with van der Waals surface area (Å²) in [5, 5.41) is 3.61. The zero-order chi connectivity index (χ0) is 17.2. The van der Waals surface area contributed by atoms with Crippen molar-refractivity contribution in [3.63, 3.8) is 0 Å². The standard InChI is InChI=1S/C17H23N7O/c1-3-24-11-21-14-15(19-10-20-17(14)24)22-13(12-4-8-25-9-5-12)16-18-6-7-23(16)2/h6-7,10-13H,3-5,8-9H2,1-2H3,(H,19,20,22)/t13-/m1/s1. The Bertz CT molecular complexity index is 850. The van der Waals surface area contributed by atoms with Gasteiger partial charge < -0.3 is 19.2 Å². The molecule has 3 aromatic heterocycles. The molecule has 25 heavy (non-hydrogen) atoms. The number of nitrogens with one attached hydrogen (secondary N) is 1. The van der Waals surface area contributed by atoms with Gasteiger partial charge >= 0.3 is 0 Å². The van der Waals surface area contributed by atoms with Crippen molar-refractivity contribution in [1.82, 2.24) is 29.1 Å². The predicted octanol–water partition coefficient (Wildman–Crippen LogP) is 2.16. The zero-order valence-electron chi connectivity index (χ0n) is 14.6. The number of fused-ring (bicyclic) bond motifs is 1. The van der Waals surface area contributed by atoms with Gasteiger partial charge in [0, 0.05) is 39.2 Å². The Balaban J connectivity index is 1.71. The summed E-state index contributed by atoms with van der Waals surface area (Å²) in [7, 11) is 2.03. The molecule has 0 amide bonds. The van der Waals surface area contributed by atoms with Crippen LogP contribution in [0.3, 0.4) is 0 Å². The normalized spacial score (nSPS) is 17.0. The maximum Gasteiger partial charge on any atom is 0.165 e. The lowest BCUT2D eigenvalue weighted by Crippen LogP contribution is -2.29. The van der Waals surface area contributed by atoms with Crippen LogP contribution in [0.25, 0.3) is 11.2 Å². The first-order valence-electron chi connectivity index (χ1n) is 8.75. The zero-order valence-corrected chi connectivity index (χ0v) is 14.6. The van der Waals surface area contributed by atoms with Crippen LogP contribution in [0.15, 0.2) is 25.0 Å². The van der Waals surface area contributed by atoms with Crippen molar-refractivity contribution in [1.29, 1.82) is 0 Å². The van der Waals surface area contributed by atoms with Gasteiger partial charge in [0.05, 0.1) is 12.4 Å². The molecule has 0 spiro atoms. The number of hydrogen-bond acceptors (Lipinski definition) is 6. The molecule has 8 heteroatoms.